The van der Waals surface area contributed by atoms with Crippen LogP contribution in [0.1, 0.15) is 32.1 Å². The molecule has 0 amide bonds. The maximum absolute atomic E-state index is 12.1. The second-order valence-electron chi connectivity index (χ2n) is 4.22. The third-order valence-electron chi connectivity index (χ3n) is 2.92. The summed E-state index contributed by atoms with van der Waals surface area (Å²) in [6.45, 7) is 1.67. The monoisotopic (exact) mass is 250 g/mol. The topological polar surface area (TPSA) is 60.9 Å². The van der Waals surface area contributed by atoms with Crippen LogP contribution in [0.2, 0.25) is 0 Å². The molecule has 0 radical (unpaired) electrons. The van der Waals surface area contributed by atoms with Crippen molar-refractivity contribution in [1.82, 2.24) is 8.61 Å². The van der Waals surface area contributed by atoms with Gasteiger partial charge in [-0.05, 0) is 19.3 Å². The van der Waals surface area contributed by atoms with Gasteiger partial charge in [-0.3, -0.25) is 0 Å². The minimum Gasteiger partial charge on any atom is -0.396 e. The quantitative estimate of drug-likeness (QED) is 0.769. The van der Waals surface area contributed by atoms with Gasteiger partial charge in [0, 0.05) is 33.3 Å². The second kappa shape index (κ2) is 6.54. The predicted octanol–water partition coefficient (Wildman–Crippen LogP) is 0.421. The largest absolute Gasteiger partial charge is 0.396 e. The highest BCUT2D eigenvalue weighted by Crippen LogP contribution is 2.15. The van der Waals surface area contributed by atoms with Gasteiger partial charge < -0.3 is 5.11 Å². The van der Waals surface area contributed by atoms with Crippen molar-refractivity contribution in [1.29, 1.82) is 0 Å². The number of nitrogens with zero attached hydrogens (tertiary/aromatic N) is 2. The van der Waals surface area contributed by atoms with Gasteiger partial charge in [0.25, 0.3) is 10.2 Å². The lowest BCUT2D eigenvalue weighted by atomic mass is 10.2. The third kappa shape index (κ3) is 3.69. The Labute approximate surface area is 98.2 Å². The standard InChI is InChI=1S/C10H22N2O3S/c1-11(7-6-10-13)16(14,15)12-8-4-2-3-5-9-12/h13H,2-10H2,1H3. The highest BCUT2D eigenvalue weighted by molar-refractivity contribution is 7.86. The Kier molecular flexibility index (Phi) is 5.68. The summed E-state index contributed by atoms with van der Waals surface area (Å²) in [6, 6.07) is 0. The molecule has 0 bridgehead atoms. The Morgan fingerprint density at radius 3 is 2.25 bits per heavy atom. The molecular formula is C10H22N2O3S. The summed E-state index contributed by atoms with van der Waals surface area (Å²) in [5.41, 5.74) is 0. The fourth-order valence-corrected chi connectivity index (χ4v) is 3.35. The number of aliphatic hydroxyl groups excluding tert-OH is 1. The van der Waals surface area contributed by atoms with E-state index in [9.17, 15) is 8.42 Å². The molecule has 1 aliphatic rings. The Bertz CT molecular complexity index is 284. The first-order valence-corrected chi connectivity index (χ1v) is 7.31. The van der Waals surface area contributed by atoms with Gasteiger partial charge >= 0.3 is 0 Å². The van der Waals surface area contributed by atoms with E-state index in [1.54, 1.807) is 11.4 Å². The fraction of sp³-hybridized carbons (Fsp3) is 1.00. The molecule has 0 aliphatic carbocycles. The summed E-state index contributed by atoms with van der Waals surface area (Å²) in [5.74, 6) is 0. The maximum atomic E-state index is 12.1. The van der Waals surface area contributed by atoms with E-state index in [2.05, 4.69) is 0 Å². The highest BCUT2D eigenvalue weighted by atomic mass is 32.2. The molecule has 1 aliphatic heterocycles. The zero-order valence-electron chi connectivity index (χ0n) is 9.93. The Morgan fingerprint density at radius 1 is 1.19 bits per heavy atom. The van der Waals surface area contributed by atoms with Crippen molar-refractivity contribution in [2.45, 2.75) is 32.1 Å². The van der Waals surface area contributed by atoms with Crippen molar-refractivity contribution in [2.24, 2.45) is 0 Å². The molecule has 5 nitrogen and oxygen atoms in total. The molecular weight excluding hydrogens is 228 g/mol. The molecule has 1 saturated heterocycles. The van der Waals surface area contributed by atoms with Crippen LogP contribution >= 0.6 is 0 Å². The highest BCUT2D eigenvalue weighted by Gasteiger charge is 2.26. The van der Waals surface area contributed by atoms with Gasteiger partial charge in [-0.15, -0.1) is 0 Å². The zero-order chi connectivity index (χ0) is 12.0. The zero-order valence-corrected chi connectivity index (χ0v) is 10.7. The number of hydrogen-bond donors (Lipinski definition) is 1. The maximum Gasteiger partial charge on any atom is 0.281 e. The van der Waals surface area contributed by atoms with Crippen molar-refractivity contribution in [3.05, 3.63) is 0 Å². The average molecular weight is 250 g/mol. The summed E-state index contributed by atoms with van der Waals surface area (Å²) in [5, 5.41) is 8.70. The average Bonchev–Trinajstić information content (AvgIpc) is 2.54. The van der Waals surface area contributed by atoms with E-state index in [-0.39, 0.29) is 6.61 Å². The van der Waals surface area contributed by atoms with Crippen molar-refractivity contribution in [3.63, 3.8) is 0 Å². The van der Waals surface area contributed by atoms with E-state index in [0.29, 0.717) is 26.1 Å². The Balaban J connectivity index is 2.59. The van der Waals surface area contributed by atoms with Crippen LogP contribution in [0.4, 0.5) is 0 Å². The van der Waals surface area contributed by atoms with E-state index >= 15 is 0 Å². The van der Waals surface area contributed by atoms with Crippen LogP contribution in [-0.4, -0.2) is 55.4 Å². The Morgan fingerprint density at radius 2 is 1.75 bits per heavy atom. The summed E-state index contributed by atoms with van der Waals surface area (Å²) in [7, 11) is -1.72. The minimum atomic E-state index is -3.30. The van der Waals surface area contributed by atoms with Gasteiger partial charge in [-0.2, -0.15) is 17.0 Å². The van der Waals surface area contributed by atoms with Crippen molar-refractivity contribution in [2.75, 3.05) is 33.3 Å². The van der Waals surface area contributed by atoms with E-state index < -0.39 is 10.2 Å². The SMILES string of the molecule is CN(CCCO)S(=O)(=O)N1CCCCCC1. The van der Waals surface area contributed by atoms with Crippen LogP contribution in [0, 0.1) is 0 Å². The lowest BCUT2D eigenvalue weighted by Gasteiger charge is -2.26. The van der Waals surface area contributed by atoms with Gasteiger partial charge in [0.05, 0.1) is 0 Å². The van der Waals surface area contributed by atoms with Crippen LogP contribution in [0.25, 0.3) is 0 Å². The first-order chi connectivity index (χ1) is 7.59. The summed E-state index contributed by atoms with van der Waals surface area (Å²) >= 11 is 0. The van der Waals surface area contributed by atoms with Crippen LogP contribution in [-0.2, 0) is 10.2 Å². The van der Waals surface area contributed by atoms with Gasteiger partial charge in [0.15, 0.2) is 0 Å². The molecule has 0 unspecified atom stereocenters. The summed E-state index contributed by atoms with van der Waals surface area (Å²) in [4.78, 5) is 0. The van der Waals surface area contributed by atoms with Crippen molar-refractivity contribution in [3.8, 4) is 0 Å². The smallest absolute Gasteiger partial charge is 0.281 e. The third-order valence-corrected chi connectivity index (χ3v) is 4.90. The number of rotatable bonds is 5. The Hall–Kier alpha value is -0.170. The molecule has 1 fully saturated rings. The van der Waals surface area contributed by atoms with Gasteiger partial charge in [-0.25, -0.2) is 0 Å². The lowest BCUT2D eigenvalue weighted by Crippen LogP contribution is -2.42. The number of hydrogen-bond acceptors (Lipinski definition) is 3. The molecule has 0 aromatic heterocycles. The first kappa shape index (κ1) is 13.9. The van der Waals surface area contributed by atoms with E-state index in [4.69, 9.17) is 5.11 Å². The molecule has 1 rings (SSSR count). The first-order valence-electron chi connectivity index (χ1n) is 5.91. The van der Waals surface area contributed by atoms with Crippen LogP contribution in [0.3, 0.4) is 0 Å². The molecule has 0 spiro atoms. The van der Waals surface area contributed by atoms with E-state index in [1.165, 1.54) is 4.31 Å². The molecule has 1 heterocycles. The molecule has 0 aromatic rings. The molecule has 16 heavy (non-hydrogen) atoms. The van der Waals surface area contributed by atoms with E-state index in [1.807, 2.05) is 0 Å². The molecule has 1 N–H and O–H groups in total. The summed E-state index contributed by atoms with van der Waals surface area (Å²) in [6.07, 6.45) is 4.63. The summed E-state index contributed by atoms with van der Waals surface area (Å²) < 4.78 is 27.1. The van der Waals surface area contributed by atoms with Crippen LogP contribution < -0.4 is 0 Å². The lowest BCUT2D eigenvalue weighted by molar-refractivity contribution is 0.271. The minimum absolute atomic E-state index is 0.0276. The van der Waals surface area contributed by atoms with Gasteiger partial charge in [0.1, 0.15) is 0 Å². The molecule has 6 heteroatoms. The van der Waals surface area contributed by atoms with Gasteiger partial charge in [-0.1, -0.05) is 12.8 Å². The van der Waals surface area contributed by atoms with Crippen molar-refractivity contribution >= 4 is 10.2 Å². The number of aliphatic hydroxyl groups is 1. The van der Waals surface area contributed by atoms with Gasteiger partial charge in [0.2, 0.25) is 0 Å². The fourth-order valence-electron chi connectivity index (χ4n) is 1.88. The second-order valence-corrected chi connectivity index (χ2v) is 6.26. The molecule has 96 valence electrons. The molecule has 0 atom stereocenters. The normalized spacial score (nSPS) is 19.9. The molecule has 0 aromatic carbocycles. The molecule has 0 saturated carbocycles. The van der Waals surface area contributed by atoms with Crippen LogP contribution in [0.5, 0.6) is 0 Å². The van der Waals surface area contributed by atoms with E-state index in [0.717, 1.165) is 25.7 Å². The van der Waals surface area contributed by atoms with Crippen LogP contribution in [0.15, 0.2) is 0 Å². The van der Waals surface area contributed by atoms with Crippen molar-refractivity contribution < 1.29 is 13.5 Å². The predicted molar refractivity (Wildman–Crippen MR) is 63.3 cm³/mol.